The number of hydrogen-bond donors (Lipinski definition) is 2. The Balaban J connectivity index is 1.73. The van der Waals surface area contributed by atoms with Gasteiger partial charge in [0.15, 0.2) is 6.61 Å². The molecule has 0 atom stereocenters. The van der Waals surface area contributed by atoms with Crippen LogP contribution in [0.1, 0.15) is 26.3 Å². The van der Waals surface area contributed by atoms with Crippen LogP contribution in [0, 0.1) is 5.82 Å². The summed E-state index contributed by atoms with van der Waals surface area (Å²) >= 11 is 0. The van der Waals surface area contributed by atoms with Gasteiger partial charge in [-0.2, -0.15) is 0 Å². The Morgan fingerprint density at radius 2 is 1.58 bits per heavy atom. The van der Waals surface area contributed by atoms with Gasteiger partial charge < -0.3 is 15.4 Å². The molecule has 0 saturated heterocycles. The second-order valence-corrected chi connectivity index (χ2v) is 6.89. The summed E-state index contributed by atoms with van der Waals surface area (Å²) in [5.41, 5.74) is 1.68. The van der Waals surface area contributed by atoms with E-state index < -0.39 is 11.8 Å². The summed E-state index contributed by atoms with van der Waals surface area (Å²) in [7, 11) is 0. The molecule has 138 valence electrons. The van der Waals surface area contributed by atoms with Gasteiger partial charge in [0.25, 0.3) is 5.91 Å². The molecule has 0 saturated carbocycles. The van der Waals surface area contributed by atoms with E-state index in [0.717, 1.165) is 0 Å². The van der Waals surface area contributed by atoms with Crippen molar-refractivity contribution >= 4 is 17.5 Å². The first-order valence-electron chi connectivity index (χ1n) is 8.29. The number of anilines is 1. The molecule has 0 heterocycles. The summed E-state index contributed by atoms with van der Waals surface area (Å²) < 4.78 is 18.2. The predicted octanol–water partition coefficient (Wildman–Crippen LogP) is 3.26. The van der Waals surface area contributed by atoms with E-state index in [1.807, 2.05) is 24.3 Å². The van der Waals surface area contributed by atoms with Gasteiger partial charge in [0.1, 0.15) is 11.6 Å². The first-order chi connectivity index (χ1) is 12.2. The van der Waals surface area contributed by atoms with Gasteiger partial charge >= 0.3 is 0 Å². The van der Waals surface area contributed by atoms with E-state index in [-0.39, 0.29) is 24.4 Å². The second-order valence-electron chi connectivity index (χ2n) is 6.89. The summed E-state index contributed by atoms with van der Waals surface area (Å²) in [6.07, 6.45) is 0. The first kappa shape index (κ1) is 19.4. The largest absolute Gasteiger partial charge is 0.484 e. The van der Waals surface area contributed by atoms with Crippen LogP contribution in [0.3, 0.4) is 0 Å². The van der Waals surface area contributed by atoms with Crippen LogP contribution in [0.25, 0.3) is 0 Å². The van der Waals surface area contributed by atoms with E-state index in [1.165, 1.54) is 29.8 Å². The Kier molecular flexibility index (Phi) is 6.33. The van der Waals surface area contributed by atoms with Crippen molar-refractivity contribution in [1.82, 2.24) is 5.32 Å². The monoisotopic (exact) mass is 358 g/mol. The summed E-state index contributed by atoms with van der Waals surface area (Å²) in [5.74, 6) is -0.605. The molecule has 0 aliphatic heterocycles. The molecule has 26 heavy (non-hydrogen) atoms. The van der Waals surface area contributed by atoms with Crippen molar-refractivity contribution in [2.24, 2.45) is 0 Å². The lowest BCUT2D eigenvalue weighted by Crippen LogP contribution is -2.35. The summed E-state index contributed by atoms with van der Waals surface area (Å²) in [6, 6.07) is 12.9. The minimum absolute atomic E-state index is 0.0494. The van der Waals surface area contributed by atoms with E-state index in [1.54, 1.807) is 0 Å². The molecule has 2 aromatic carbocycles. The van der Waals surface area contributed by atoms with Crippen LogP contribution >= 0.6 is 0 Å². The lowest BCUT2D eigenvalue weighted by Gasteiger charge is -2.19. The van der Waals surface area contributed by atoms with E-state index >= 15 is 0 Å². The first-order valence-corrected chi connectivity index (χ1v) is 8.29. The van der Waals surface area contributed by atoms with Gasteiger partial charge in [0, 0.05) is 5.69 Å². The molecule has 2 N–H and O–H groups in total. The number of rotatable bonds is 6. The van der Waals surface area contributed by atoms with Crippen LogP contribution in [0.4, 0.5) is 10.1 Å². The van der Waals surface area contributed by atoms with Crippen LogP contribution < -0.4 is 15.4 Å². The average molecular weight is 358 g/mol. The van der Waals surface area contributed by atoms with E-state index in [4.69, 9.17) is 4.74 Å². The molecule has 2 aromatic rings. The third-order valence-electron chi connectivity index (χ3n) is 3.66. The number of hydrogen-bond acceptors (Lipinski definition) is 3. The van der Waals surface area contributed by atoms with Crippen molar-refractivity contribution in [1.29, 1.82) is 0 Å². The Morgan fingerprint density at radius 3 is 2.15 bits per heavy atom. The number of carbonyl (C=O) groups excluding carboxylic acids is 2. The zero-order valence-electron chi connectivity index (χ0n) is 15.1. The molecule has 0 bridgehead atoms. The molecular weight excluding hydrogens is 335 g/mol. The number of ether oxygens (including phenoxy) is 1. The maximum atomic E-state index is 12.8. The van der Waals surface area contributed by atoms with Crippen molar-refractivity contribution < 1.29 is 18.7 Å². The van der Waals surface area contributed by atoms with Crippen LogP contribution in [0.15, 0.2) is 48.5 Å². The molecule has 5 nitrogen and oxygen atoms in total. The minimum atomic E-state index is -0.404. The topological polar surface area (TPSA) is 67.4 Å². The fourth-order valence-electron chi connectivity index (χ4n) is 2.17. The van der Waals surface area contributed by atoms with Crippen molar-refractivity contribution in [2.45, 2.75) is 26.2 Å². The highest BCUT2D eigenvalue weighted by Crippen LogP contribution is 2.24. The summed E-state index contributed by atoms with van der Waals surface area (Å²) in [6.45, 7) is 5.98. The highest BCUT2D eigenvalue weighted by Gasteiger charge is 2.13. The molecule has 0 aliphatic carbocycles. The average Bonchev–Trinajstić information content (AvgIpc) is 2.60. The number of nitrogens with one attached hydrogen (secondary N) is 2. The van der Waals surface area contributed by atoms with Crippen LogP contribution in [0.2, 0.25) is 0 Å². The van der Waals surface area contributed by atoms with Crippen molar-refractivity contribution in [2.75, 3.05) is 18.5 Å². The fraction of sp³-hybridized carbons (Fsp3) is 0.300. The Morgan fingerprint density at radius 1 is 0.962 bits per heavy atom. The second kappa shape index (κ2) is 8.47. The van der Waals surface area contributed by atoms with Crippen LogP contribution in [0.5, 0.6) is 5.75 Å². The minimum Gasteiger partial charge on any atom is -0.484 e. The zero-order valence-corrected chi connectivity index (χ0v) is 15.1. The van der Waals surface area contributed by atoms with Gasteiger partial charge in [-0.3, -0.25) is 9.59 Å². The number of halogens is 1. The maximum absolute atomic E-state index is 12.8. The van der Waals surface area contributed by atoms with Gasteiger partial charge in [-0.25, -0.2) is 4.39 Å². The molecule has 2 amide bonds. The predicted molar refractivity (Wildman–Crippen MR) is 98.7 cm³/mol. The highest BCUT2D eigenvalue weighted by atomic mass is 19.1. The molecule has 6 heteroatoms. The van der Waals surface area contributed by atoms with Gasteiger partial charge in [0.05, 0.1) is 6.54 Å². The Labute approximate surface area is 152 Å². The van der Waals surface area contributed by atoms with Crippen LogP contribution in [-0.2, 0) is 15.0 Å². The Bertz CT molecular complexity index is 750. The standard InChI is InChI=1S/C20H23FN2O3/c1-20(2,3)14-4-10-17(11-5-14)26-13-19(25)22-12-18(24)23-16-8-6-15(21)7-9-16/h4-11H,12-13H2,1-3H3,(H,22,25)(H,23,24). The molecule has 0 fully saturated rings. The zero-order chi connectivity index (χ0) is 19.2. The van der Waals surface area contributed by atoms with Crippen LogP contribution in [-0.4, -0.2) is 25.0 Å². The van der Waals surface area contributed by atoms with E-state index in [0.29, 0.717) is 11.4 Å². The van der Waals surface area contributed by atoms with E-state index in [2.05, 4.69) is 31.4 Å². The number of amides is 2. The lowest BCUT2D eigenvalue weighted by atomic mass is 9.87. The van der Waals surface area contributed by atoms with Gasteiger partial charge in [0.2, 0.25) is 5.91 Å². The normalized spacial score (nSPS) is 10.9. The third kappa shape index (κ3) is 6.20. The van der Waals surface area contributed by atoms with Crippen molar-refractivity contribution in [3.05, 3.63) is 59.9 Å². The molecule has 0 aliphatic rings. The summed E-state index contributed by atoms with van der Waals surface area (Å²) in [4.78, 5) is 23.5. The van der Waals surface area contributed by atoms with Gasteiger partial charge in [-0.15, -0.1) is 0 Å². The van der Waals surface area contributed by atoms with Gasteiger partial charge in [-0.05, 0) is 47.4 Å². The van der Waals surface area contributed by atoms with Crippen molar-refractivity contribution in [3.8, 4) is 5.75 Å². The quantitative estimate of drug-likeness (QED) is 0.833. The summed E-state index contributed by atoms with van der Waals surface area (Å²) in [5, 5.41) is 5.03. The highest BCUT2D eigenvalue weighted by molar-refractivity contribution is 5.94. The fourth-order valence-corrected chi connectivity index (χ4v) is 2.17. The smallest absolute Gasteiger partial charge is 0.258 e. The number of benzene rings is 2. The third-order valence-corrected chi connectivity index (χ3v) is 3.66. The maximum Gasteiger partial charge on any atom is 0.258 e. The van der Waals surface area contributed by atoms with E-state index in [9.17, 15) is 14.0 Å². The molecule has 0 radical (unpaired) electrons. The SMILES string of the molecule is CC(C)(C)c1ccc(OCC(=O)NCC(=O)Nc2ccc(F)cc2)cc1. The molecular formula is C20H23FN2O3. The molecule has 0 unspecified atom stereocenters. The molecule has 0 aromatic heterocycles. The number of carbonyl (C=O) groups is 2. The van der Waals surface area contributed by atoms with Gasteiger partial charge in [-0.1, -0.05) is 32.9 Å². The Hall–Kier alpha value is -2.89. The molecule has 0 spiro atoms. The molecule has 2 rings (SSSR count). The lowest BCUT2D eigenvalue weighted by molar-refractivity contribution is -0.125. The van der Waals surface area contributed by atoms with Crippen molar-refractivity contribution in [3.63, 3.8) is 0 Å².